The molecule has 1 unspecified atom stereocenters. The SMILES string of the molecule is CCOc1ccc(OCCNC(=O)CN2CCC(C)(CN)C2)cc1.Cl. The molecule has 1 aromatic rings. The van der Waals surface area contributed by atoms with E-state index in [2.05, 4.69) is 17.1 Å². The number of ether oxygens (including phenoxy) is 2. The van der Waals surface area contributed by atoms with Gasteiger partial charge in [-0.25, -0.2) is 0 Å². The lowest BCUT2D eigenvalue weighted by molar-refractivity contribution is -0.122. The molecule has 0 aromatic heterocycles. The first-order valence-corrected chi connectivity index (χ1v) is 8.59. The first kappa shape index (κ1) is 21.5. The van der Waals surface area contributed by atoms with Gasteiger partial charge in [0.1, 0.15) is 18.1 Å². The molecule has 3 N–H and O–H groups in total. The first-order chi connectivity index (χ1) is 11.5. The predicted octanol–water partition coefficient (Wildman–Crippen LogP) is 1.67. The van der Waals surface area contributed by atoms with Crippen LogP contribution in [0.5, 0.6) is 11.5 Å². The molecule has 1 aliphatic heterocycles. The number of hydrogen-bond donors (Lipinski definition) is 2. The number of carbonyl (C=O) groups excluding carboxylic acids is 1. The molecule has 0 aliphatic carbocycles. The average molecular weight is 372 g/mol. The summed E-state index contributed by atoms with van der Waals surface area (Å²) in [6, 6.07) is 7.48. The van der Waals surface area contributed by atoms with Crippen LogP contribution in [0.25, 0.3) is 0 Å². The average Bonchev–Trinajstić information content (AvgIpc) is 2.95. The van der Waals surface area contributed by atoms with Crippen molar-refractivity contribution in [2.24, 2.45) is 11.1 Å². The van der Waals surface area contributed by atoms with E-state index in [4.69, 9.17) is 15.2 Å². The fraction of sp³-hybridized carbons (Fsp3) is 0.611. The Morgan fingerprint density at radius 3 is 2.48 bits per heavy atom. The smallest absolute Gasteiger partial charge is 0.234 e. The highest BCUT2D eigenvalue weighted by atomic mass is 35.5. The number of nitrogens with one attached hydrogen (secondary N) is 1. The van der Waals surface area contributed by atoms with E-state index in [1.165, 1.54) is 0 Å². The quantitative estimate of drug-likeness (QED) is 0.646. The maximum absolute atomic E-state index is 12.0. The Labute approximate surface area is 156 Å². The van der Waals surface area contributed by atoms with E-state index in [9.17, 15) is 4.79 Å². The predicted molar refractivity (Wildman–Crippen MR) is 102 cm³/mol. The van der Waals surface area contributed by atoms with Crippen LogP contribution < -0.4 is 20.5 Å². The van der Waals surface area contributed by atoms with Gasteiger partial charge in [0.05, 0.1) is 19.7 Å². The molecule has 1 saturated heterocycles. The molecule has 0 bridgehead atoms. The second-order valence-corrected chi connectivity index (χ2v) is 6.58. The van der Waals surface area contributed by atoms with Gasteiger partial charge in [0.2, 0.25) is 5.91 Å². The molecule has 142 valence electrons. The van der Waals surface area contributed by atoms with Crippen LogP contribution in [0.2, 0.25) is 0 Å². The van der Waals surface area contributed by atoms with Crippen molar-refractivity contribution >= 4 is 18.3 Å². The van der Waals surface area contributed by atoms with Crippen LogP contribution in [-0.2, 0) is 4.79 Å². The van der Waals surface area contributed by atoms with Crippen LogP contribution >= 0.6 is 12.4 Å². The number of nitrogens with two attached hydrogens (primary N) is 1. The third-order valence-corrected chi connectivity index (χ3v) is 4.32. The molecule has 0 radical (unpaired) electrons. The summed E-state index contributed by atoms with van der Waals surface area (Å²) in [5.41, 5.74) is 5.94. The zero-order valence-corrected chi connectivity index (χ0v) is 15.9. The van der Waals surface area contributed by atoms with Gasteiger partial charge in [0, 0.05) is 6.54 Å². The summed E-state index contributed by atoms with van der Waals surface area (Å²) in [6.45, 7) is 8.63. The molecule has 6 nitrogen and oxygen atoms in total. The summed E-state index contributed by atoms with van der Waals surface area (Å²) in [7, 11) is 0. The van der Waals surface area contributed by atoms with Crippen molar-refractivity contribution in [3.05, 3.63) is 24.3 Å². The summed E-state index contributed by atoms with van der Waals surface area (Å²) in [5, 5.41) is 2.90. The minimum Gasteiger partial charge on any atom is -0.494 e. The van der Waals surface area contributed by atoms with Crippen molar-refractivity contribution < 1.29 is 14.3 Å². The van der Waals surface area contributed by atoms with Gasteiger partial charge >= 0.3 is 0 Å². The molecular weight excluding hydrogens is 342 g/mol. The zero-order valence-electron chi connectivity index (χ0n) is 15.1. The molecular formula is C18H30ClN3O3. The van der Waals surface area contributed by atoms with E-state index in [0.717, 1.165) is 31.0 Å². The van der Waals surface area contributed by atoms with E-state index in [0.29, 0.717) is 32.8 Å². The maximum atomic E-state index is 12.0. The highest BCUT2D eigenvalue weighted by Gasteiger charge is 2.32. The van der Waals surface area contributed by atoms with E-state index in [1.807, 2.05) is 31.2 Å². The minimum absolute atomic E-state index is 0. The second kappa shape index (κ2) is 10.5. The number of hydrogen-bond acceptors (Lipinski definition) is 5. The van der Waals surface area contributed by atoms with Gasteiger partial charge in [-0.1, -0.05) is 6.92 Å². The number of carbonyl (C=O) groups is 1. The van der Waals surface area contributed by atoms with Gasteiger partial charge in [-0.3, -0.25) is 9.69 Å². The Morgan fingerprint density at radius 1 is 1.28 bits per heavy atom. The van der Waals surface area contributed by atoms with Crippen LogP contribution in [0.15, 0.2) is 24.3 Å². The highest BCUT2D eigenvalue weighted by molar-refractivity contribution is 5.85. The van der Waals surface area contributed by atoms with Crippen molar-refractivity contribution in [1.82, 2.24) is 10.2 Å². The van der Waals surface area contributed by atoms with Gasteiger partial charge in [-0.15, -0.1) is 12.4 Å². The van der Waals surface area contributed by atoms with E-state index >= 15 is 0 Å². The number of benzene rings is 1. The fourth-order valence-electron chi connectivity index (χ4n) is 2.84. The number of likely N-dealkylation sites (tertiary alicyclic amines) is 1. The number of amides is 1. The Kier molecular flexibility index (Phi) is 9.03. The lowest BCUT2D eigenvalue weighted by Crippen LogP contribution is -2.39. The number of nitrogens with zero attached hydrogens (tertiary/aromatic N) is 1. The topological polar surface area (TPSA) is 76.8 Å². The molecule has 1 aliphatic rings. The molecule has 0 spiro atoms. The standard InChI is InChI=1S/C18H29N3O3.ClH/c1-3-23-15-4-6-16(7-5-15)24-11-9-20-17(22)12-21-10-8-18(2,13-19)14-21;/h4-7H,3,8-14,19H2,1-2H3,(H,20,22);1H. The van der Waals surface area contributed by atoms with Crippen molar-refractivity contribution in [3.8, 4) is 11.5 Å². The summed E-state index contributed by atoms with van der Waals surface area (Å²) >= 11 is 0. The molecule has 7 heteroatoms. The molecule has 1 aromatic carbocycles. The molecule has 1 fully saturated rings. The Balaban J connectivity index is 0.00000312. The Bertz CT molecular complexity index is 527. The Morgan fingerprint density at radius 2 is 1.92 bits per heavy atom. The molecule has 2 rings (SSSR count). The van der Waals surface area contributed by atoms with Gasteiger partial charge in [-0.05, 0) is 56.1 Å². The van der Waals surface area contributed by atoms with Crippen LogP contribution in [-0.4, -0.2) is 56.7 Å². The van der Waals surface area contributed by atoms with Crippen molar-refractivity contribution in [3.63, 3.8) is 0 Å². The highest BCUT2D eigenvalue weighted by Crippen LogP contribution is 2.27. The largest absolute Gasteiger partial charge is 0.494 e. The van der Waals surface area contributed by atoms with Crippen molar-refractivity contribution in [2.75, 3.05) is 45.9 Å². The summed E-state index contributed by atoms with van der Waals surface area (Å²) < 4.78 is 11.0. The van der Waals surface area contributed by atoms with E-state index in [1.54, 1.807) is 0 Å². The summed E-state index contributed by atoms with van der Waals surface area (Å²) in [6.07, 6.45) is 1.05. The van der Waals surface area contributed by atoms with Crippen molar-refractivity contribution in [2.45, 2.75) is 20.3 Å². The third-order valence-electron chi connectivity index (χ3n) is 4.32. The van der Waals surface area contributed by atoms with Crippen molar-refractivity contribution in [1.29, 1.82) is 0 Å². The normalized spacial score (nSPS) is 20.0. The number of rotatable bonds is 9. The monoisotopic (exact) mass is 371 g/mol. The minimum atomic E-state index is 0. The van der Waals surface area contributed by atoms with Crippen LogP contribution in [0, 0.1) is 5.41 Å². The molecule has 1 atom stereocenters. The lowest BCUT2D eigenvalue weighted by Gasteiger charge is -2.22. The molecule has 1 amide bonds. The zero-order chi connectivity index (χ0) is 17.4. The lowest BCUT2D eigenvalue weighted by atomic mass is 9.90. The van der Waals surface area contributed by atoms with Gasteiger partial charge in [0.15, 0.2) is 0 Å². The van der Waals surface area contributed by atoms with Gasteiger partial charge in [0.25, 0.3) is 0 Å². The Hall–Kier alpha value is -1.50. The molecule has 1 heterocycles. The van der Waals surface area contributed by atoms with Gasteiger partial charge in [-0.2, -0.15) is 0 Å². The summed E-state index contributed by atoms with van der Waals surface area (Å²) in [5.74, 6) is 1.63. The summed E-state index contributed by atoms with van der Waals surface area (Å²) in [4.78, 5) is 14.1. The number of halogens is 1. The molecule has 0 saturated carbocycles. The van der Waals surface area contributed by atoms with Gasteiger partial charge < -0.3 is 20.5 Å². The van der Waals surface area contributed by atoms with E-state index in [-0.39, 0.29) is 23.7 Å². The van der Waals surface area contributed by atoms with Crippen LogP contribution in [0.4, 0.5) is 0 Å². The van der Waals surface area contributed by atoms with Crippen LogP contribution in [0.3, 0.4) is 0 Å². The first-order valence-electron chi connectivity index (χ1n) is 8.59. The maximum Gasteiger partial charge on any atom is 0.234 e. The molecule has 25 heavy (non-hydrogen) atoms. The fourth-order valence-corrected chi connectivity index (χ4v) is 2.84. The van der Waals surface area contributed by atoms with E-state index < -0.39 is 0 Å². The van der Waals surface area contributed by atoms with Crippen LogP contribution in [0.1, 0.15) is 20.3 Å². The second-order valence-electron chi connectivity index (χ2n) is 6.58. The third kappa shape index (κ3) is 7.10.